The minimum atomic E-state index is -0.128. The number of nitrogens with zero attached hydrogens (tertiary/aromatic N) is 3. The summed E-state index contributed by atoms with van der Waals surface area (Å²) in [6, 6.07) is 0. The largest absolute Gasteiger partial charge is 0.378 e. The number of rotatable bonds is 1. The van der Waals surface area contributed by atoms with Gasteiger partial charge < -0.3 is 9.64 Å². The van der Waals surface area contributed by atoms with E-state index in [0.29, 0.717) is 26.3 Å². The highest BCUT2D eigenvalue weighted by molar-refractivity contribution is 5.90. The predicted octanol–water partition coefficient (Wildman–Crippen LogP) is 0.575. The Labute approximate surface area is 100 Å². The van der Waals surface area contributed by atoms with Crippen LogP contribution in [0.1, 0.15) is 37.2 Å². The van der Waals surface area contributed by atoms with Crippen molar-refractivity contribution in [2.45, 2.75) is 26.2 Å². The molecule has 1 aliphatic rings. The summed E-state index contributed by atoms with van der Waals surface area (Å²) in [5, 5.41) is 6.82. The molecule has 0 atom stereocenters. The van der Waals surface area contributed by atoms with Crippen molar-refractivity contribution in [2.75, 3.05) is 26.3 Å². The van der Waals surface area contributed by atoms with E-state index in [2.05, 4.69) is 15.2 Å². The Morgan fingerprint density at radius 3 is 2.53 bits per heavy atom. The molecule has 0 bridgehead atoms. The van der Waals surface area contributed by atoms with Crippen LogP contribution in [0.25, 0.3) is 0 Å². The van der Waals surface area contributed by atoms with Gasteiger partial charge in [-0.1, -0.05) is 20.8 Å². The maximum Gasteiger partial charge on any atom is 0.293 e. The average Bonchev–Trinajstić information content (AvgIpc) is 2.78. The number of hydrogen-bond acceptors (Lipinski definition) is 4. The lowest BCUT2D eigenvalue weighted by atomic mass is 9.96. The molecule has 6 heteroatoms. The highest BCUT2D eigenvalue weighted by atomic mass is 16.5. The second-order valence-corrected chi connectivity index (χ2v) is 5.16. The summed E-state index contributed by atoms with van der Waals surface area (Å²) in [6.07, 6.45) is 0. The number of H-pyrrole nitrogens is 1. The third-order valence-corrected chi connectivity index (χ3v) is 2.69. The van der Waals surface area contributed by atoms with Crippen molar-refractivity contribution in [3.05, 3.63) is 11.6 Å². The lowest BCUT2D eigenvalue weighted by Crippen LogP contribution is -2.41. The zero-order valence-electron chi connectivity index (χ0n) is 10.5. The number of amides is 1. The van der Waals surface area contributed by atoms with Crippen LogP contribution in [0.3, 0.4) is 0 Å². The van der Waals surface area contributed by atoms with E-state index < -0.39 is 0 Å². The third-order valence-electron chi connectivity index (χ3n) is 2.69. The van der Waals surface area contributed by atoms with Crippen LogP contribution in [0.15, 0.2) is 0 Å². The Morgan fingerprint density at radius 1 is 1.35 bits per heavy atom. The van der Waals surface area contributed by atoms with Crippen LogP contribution < -0.4 is 0 Å². The standard InChI is InChI=1S/C11H18N4O2/c1-11(2,3)10-12-8(13-14-10)9(16)15-4-6-17-7-5-15/h4-7H2,1-3H3,(H,12,13,14). The fourth-order valence-corrected chi connectivity index (χ4v) is 1.60. The monoisotopic (exact) mass is 238 g/mol. The molecule has 0 saturated carbocycles. The zero-order valence-corrected chi connectivity index (χ0v) is 10.5. The molecule has 1 aromatic rings. The van der Waals surface area contributed by atoms with Crippen molar-refractivity contribution in [2.24, 2.45) is 0 Å². The van der Waals surface area contributed by atoms with Gasteiger partial charge in [-0.3, -0.25) is 9.89 Å². The van der Waals surface area contributed by atoms with Gasteiger partial charge in [0.15, 0.2) is 0 Å². The van der Waals surface area contributed by atoms with Gasteiger partial charge in [0.1, 0.15) is 5.82 Å². The maximum atomic E-state index is 12.1. The van der Waals surface area contributed by atoms with Crippen LogP contribution >= 0.6 is 0 Å². The third kappa shape index (κ3) is 2.63. The number of nitrogens with one attached hydrogen (secondary N) is 1. The van der Waals surface area contributed by atoms with Crippen molar-refractivity contribution in [1.82, 2.24) is 20.1 Å². The van der Waals surface area contributed by atoms with Crippen molar-refractivity contribution < 1.29 is 9.53 Å². The summed E-state index contributed by atoms with van der Waals surface area (Å²) in [4.78, 5) is 18.0. The first kappa shape index (κ1) is 12.0. The first-order chi connectivity index (χ1) is 7.98. The molecule has 1 fully saturated rings. The highest BCUT2D eigenvalue weighted by Gasteiger charge is 2.25. The number of aromatic amines is 1. The molecule has 0 radical (unpaired) electrons. The van der Waals surface area contributed by atoms with Gasteiger partial charge in [-0.05, 0) is 0 Å². The minimum Gasteiger partial charge on any atom is -0.378 e. The Balaban J connectivity index is 2.11. The molecule has 1 amide bonds. The Kier molecular flexibility index (Phi) is 3.15. The minimum absolute atomic E-state index is 0.125. The summed E-state index contributed by atoms with van der Waals surface area (Å²) in [7, 11) is 0. The number of hydrogen-bond donors (Lipinski definition) is 1. The van der Waals surface area contributed by atoms with Crippen LogP contribution in [-0.4, -0.2) is 52.3 Å². The van der Waals surface area contributed by atoms with Crippen LogP contribution in [0.4, 0.5) is 0 Å². The number of aromatic nitrogens is 3. The first-order valence-corrected chi connectivity index (χ1v) is 5.78. The Morgan fingerprint density at radius 2 is 2.00 bits per heavy atom. The van der Waals surface area contributed by atoms with E-state index in [0.717, 1.165) is 5.82 Å². The van der Waals surface area contributed by atoms with Gasteiger partial charge in [-0.25, -0.2) is 4.98 Å². The fourth-order valence-electron chi connectivity index (χ4n) is 1.60. The summed E-state index contributed by atoms with van der Waals surface area (Å²) < 4.78 is 5.20. The number of carbonyl (C=O) groups is 1. The van der Waals surface area contributed by atoms with E-state index in [-0.39, 0.29) is 17.1 Å². The van der Waals surface area contributed by atoms with Crippen molar-refractivity contribution in [3.8, 4) is 0 Å². The molecule has 94 valence electrons. The van der Waals surface area contributed by atoms with Gasteiger partial charge in [-0.2, -0.15) is 0 Å². The fraction of sp³-hybridized carbons (Fsp3) is 0.727. The topological polar surface area (TPSA) is 71.1 Å². The molecule has 1 saturated heterocycles. The maximum absolute atomic E-state index is 12.1. The zero-order chi connectivity index (χ0) is 12.5. The van der Waals surface area contributed by atoms with E-state index in [4.69, 9.17) is 4.74 Å². The molecule has 1 N–H and O–H groups in total. The Bertz CT molecular complexity index is 402. The molecule has 2 rings (SSSR count). The number of ether oxygens (including phenoxy) is 1. The van der Waals surface area contributed by atoms with Gasteiger partial charge in [0.2, 0.25) is 5.82 Å². The summed E-state index contributed by atoms with van der Waals surface area (Å²) in [6.45, 7) is 8.46. The van der Waals surface area contributed by atoms with Crippen molar-refractivity contribution in [3.63, 3.8) is 0 Å². The molecule has 2 heterocycles. The van der Waals surface area contributed by atoms with Crippen LogP contribution in [0, 0.1) is 0 Å². The molecule has 6 nitrogen and oxygen atoms in total. The molecule has 0 unspecified atom stereocenters. The van der Waals surface area contributed by atoms with Crippen LogP contribution in [0.2, 0.25) is 0 Å². The van der Waals surface area contributed by atoms with Gasteiger partial charge in [0, 0.05) is 18.5 Å². The van der Waals surface area contributed by atoms with E-state index in [1.54, 1.807) is 4.90 Å². The smallest absolute Gasteiger partial charge is 0.293 e. The highest BCUT2D eigenvalue weighted by Crippen LogP contribution is 2.17. The molecule has 0 aromatic carbocycles. The average molecular weight is 238 g/mol. The Hall–Kier alpha value is -1.43. The SMILES string of the molecule is CC(C)(C)c1nc(C(=O)N2CCOCC2)n[nH]1. The van der Waals surface area contributed by atoms with Gasteiger partial charge in [0.25, 0.3) is 5.91 Å². The molecule has 0 spiro atoms. The molecular weight excluding hydrogens is 220 g/mol. The van der Waals surface area contributed by atoms with E-state index in [9.17, 15) is 4.79 Å². The van der Waals surface area contributed by atoms with Gasteiger partial charge in [0.05, 0.1) is 13.2 Å². The lowest BCUT2D eigenvalue weighted by Gasteiger charge is -2.25. The molecule has 1 aliphatic heterocycles. The second-order valence-electron chi connectivity index (χ2n) is 5.16. The van der Waals surface area contributed by atoms with Crippen molar-refractivity contribution >= 4 is 5.91 Å². The van der Waals surface area contributed by atoms with Crippen LogP contribution in [0.5, 0.6) is 0 Å². The molecule has 17 heavy (non-hydrogen) atoms. The second kappa shape index (κ2) is 4.44. The quantitative estimate of drug-likeness (QED) is 0.776. The molecular formula is C11H18N4O2. The normalized spacial score (nSPS) is 17.2. The molecule has 1 aromatic heterocycles. The molecule has 0 aliphatic carbocycles. The summed E-state index contributed by atoms with van der Waals surface area (Å²) >= 11 is 0. The van der Waals surface area contributed by atoms with Crippen LogP contribution in [-0.2, 0) is 10.2 Å². The summed E-state index contributed by atoms with van der Waals surface area (Å²) in [5.41, 5.74) is -0.128. The summed E-state index contributed by atoms with van der Waals surface area (Å²) in [5.74, 6) is 0.853. The van der Waals surface area contributed by atoms with Gasteiger partial charge >= 0.3 is 0 Å². The van der Waals surface area contributed by atoms with Crippen molar-refractivity contribution in [1.29, 1.82) is 0 Å². The van der Waals surface area contributed by atoms with Gasteiger partial charge in [-0.15, -0.1) is 5.10 Å². The van der Waals surface area contributed by atoms with E-state index in [1.807, 2.05) is 20.8 Å². The van der Waals surface area contributed by atoms with E-state index in [1.165, 1.54) is 0 Å². The number of carbonyl (C=O) groups excluding carboxylic acids is 1. The predicted molar refractivity (Wildman–Crippen MR) is 61.8 cm³/mol. The van der Waals surface area contributed by atoms with E-state index >= 15 is 0 Å². The first-order valence-electron chi connectivity index (χ1n) is 5.78. The number of morpholine rings is 1. The lowest BCUT2D eigenvalue weighted by molar-refractivity contribution is 0.0295.